The number of halogens is 1. The number of hydrogen-bond acceptors (Lipinski definition) is 2. The lowest BCUT2D eigenvalue weighted by Crippen LogP contribution is -2.06. The average Bonchev–Trinajstić information content (AvgIpc) is 2.92. The molecule has 0 saturated carbocycles. The van der Waals surface area contributed by atoms with Crippen molar-refractivity contribution in [3.05, 3.63) is 64.5 Å². The van der Waals surface area contributed by atoms with Gasteiger partial charge in [-0.2, -0.15) is 0 Å². The number of benzene rings is 2. The third kappa shape index (κ3) is 3.42. The minimum absolute atomic E-state index is 0.258. The van der Waals surface area contributed by atoms with Crippen LogP contribution in [-0.2, 0) is 26.0 Å². The molecule has 21 heavy (non-hydrogen) atoms. The van der Waals surface area contributed by atoms with E-state index >= 15 is 0 Å². The first-order chi connectivity index (χ1) is 10.2. The molecule has 0 spiro atoms. The summed E-state index contributed by atoms with van der Waals surface area (Å²) in [6, 6.07) is 11.4. The van der Waals surface area contributed by atoms with E-state index in [9.17, 15) is 4.39 Å². The molecule has 1 aliphatic rings. The zero-order chi connectivity index (χ0) is 14.7. The molecular weight excluding hydrogens is 265 g/mol. The molecule has 0 fully saturated rings. The summed E-state index contributed by atoms with van der Waals surface area (Å²) in [5, 5.41) is 3.02. The highest BCUT2D eigenvalue weighted by atomic mass is 19.1. The molecule has 0 aromatic heterocycles. The molecule has 3 rings (SSSR count). The van der Waals surface area contributed by atoms with E-state index in [0.717, 1.165) is 17.5 Å². The molecule has 1 N–H and O–H groups in total. The number of ether oxygens (including phenoxy) is 1. The van der Waals surface area contributed by atoms with Crippen LogP contribution < -0.4 is 10.1 Å². The molecule has 0 saturated heterocycles. The van der Waals surface area contributed by atoms with E-state index in [1.54, 1.807) is 0 Å². The van der Waals surface area contributed by atoms with Crippen LogP contribution in [0.4, 0.5) is 4.39 Å². The summed E-state index contributed by atoms with van der Waals surface area (Å²) in [5.41, 5.74) is 4.93. The van der Waals surface area contributed by atoms with Gasteiger partial charge in [-0.15, -0.1) is 0 Å². The van der Waals surface area contributed by atoms with Gasteiger partial charge in [-0.3, -0.25) is 0 Å². The molecule has 0 atom stereocenters. The van der Waals surface area contributed by atoms with Gasteiger partial charge in [0, 0.05) is 12.6 Å². The monoisotopic (exact) mass is 285 g/mol. The van der Waals surface area contributed by atoms with Crippen LogP contribution in [0.5, 0.6) is 5.75 Å². The molecular formula is C18H20FNO. The van der Waals surface area contributed by atoms with Crippen LogP contribution in [0, 0.1) is 5.82 Å². The Hall–Kier alpha value is -1.87. The first kappa shape index (κ1) is 14.1. The number of aryl methyl sites for hydroxylation is 2. The second-order valence-corrected chi connectivity index (χ2v) is 5.57. The van der Waals surface area contributed by atoms with E-state index in [1.165, 1.54) is 36.1 Å². The highest BCUT2D eigenvalue weighted by Crippen LogP contribution is 2.24. The Morgan fingerprint density at radius 3 is 2.76 bits per heavy atom. The molecule has 0 aliphatic heterocycles. The molecule has 1 aliphatic carbocycles. The van der Waals surface area contributed by atoms with E-state index in [-0.39, 0.29) is 5.82 Å². The van der Waals surface area contributed by atoms with Gasteiger partial charge in [0.1, 0.15) is 18.2 Å². The lowest BCUT2D eigenvalue weighted by atomic mass is 10.1. The lowest BCUT2D eigenvalue weighted by Gasteiger charge is -2.10. The van der Waals surface area contributed by atoms with E-state index in [2.05, 4.69) is 23.5 Å². The van der Waals surface area contributed by atoms with E-state index in [4.69, 9.17) is 4.74 Å². The van der Waals surface area contributed by atoms with Crippen molar-refractivity contribution in [3.63, 3.8) is 0 Å². The predicted molar refractivity (Wildman–Crippen MR) is 82.0 cm³/mol. The first-order valence-electron chi connectivity index (χ1n) is 7.42. The maximum absolute atomic E-state index is 13.5. The van der Waals surface area contributed by atoms with E-state index < -0.39 is 0 Å². The van der Waals surface area contributed by atoms with Crippen molar-refractivity contribution in [2.45, 2.75) is 32.4 Å². The summed E-state index contributed by atoms with van der Waals surface area (Å²) in [6.07, 6.45) is 3.60. The maximum Gasteiger partial charge on any atom is 0.127 e. The van der Waals surface area contributed by atoms with Crippen molar-refractivity contribution in [3.8, 4) is 5.75 Å². The van der Waals surface area contributed by atoms with Crippen LogP contribution in [0.15, 0.2) is 36.4 Å². The smallest absolute Gasteiger partial charge is 0.127 e. The Morgan fingerprint density at radius 1 is 1.05 bits per heavy atom. The van der Waals surface area contributed by atoms with Gasteiger partial charge in [0.15, 0.2) is 0 Å². The standard InChI is InChI=1S/C18H20FNO/c1-20-11-14-8-17(19)10-18(9-14)21-12-13-5-6-15-3-2-4-16(15)7-13/h5-10,20H,2-4,11-12H2,1H3. The molecule has 110 valence electrons. The summed E-state index contributed by atoms with van der Waals surface area (Å²) in [7, 11) is 1.84. The molecule has 0 radical (unpaired) electrons. The maximum atomic E-state index is 13.5. The molecule has 0 amide bonds. The summed E-state index contributed by atoms with van der Waals surface area (Å²) in [4.78, 5) is 0. The Balaban J connectivity index is 1.69. The number of fused-ring (bicyclic) bond motifs is 1. The summed E-state index contributed by atoms with van der Waals surface area (Å²) < 4.78 is 19.3. The van der Waals surface area contributed by atoms with Crippen LogP contribution in [0.2, 0.25) is 0 Å². The first-order valence-corrected chi connectivity index (χ1v) is 7.42. The van der Waals surface area contributed by atoms with E-state index in [1.807, 2.05) is 13.1 Å². The molecule has 0 heterocycles. The molecule has 2 aromatic rings. The second kappa shape index (κ2) is 6.27. The molecule has 3 heteroatoms. The van der Waals surface area contributed by atoms with Crippen molar-refractivity contribution >= 4 is 0 Å². The Morgan fingerprint density at radius 2 is 1.90 bits per heavy atom. The lowest BCUT2D eigenvalue weighted by molar-refractivity contribution is 0.304. The summed E-state index contributed by atoms with van der Waals surface area (Å²) in [6.45, 7) is 1.11. The highest BCUT2D eigenvalue weighted by molar-refractivity contribution is 5.35. The van der Waals surface area contributed by atoms with Gasteiger partial charge >= 0.3 is 0 Å². The van der Waals surface area contributed by atoms with Crippen molar-refractivity contribution in [2.75, 3.05) is 7.05 Å². The Bertz CT molecular complexity index is 639. The van der Waals surface area contributed by atoms with Crippen LogP contribution in [0.3, 0.4) is 0 Å². The Labute approximate surface area is 125 Å². The molecule has 0 bridgehead atoms. The van der Waals surface area contributed by atoms with Gasteiger partial charge in [-0.25, -0.2) is 4.39 Å². The van der Waals surface area contributed by atoms with Crippen LogP contribution in [-0.4, -0.2) is 7.05 Å². The molecule has 2 aromatic carbocycles. The number of nitrogens with one attached hydrogen (secondary N) is 1. The van der Waals surface area contributed by atoms with Gasteiger partial charge in [-0.05, 0) is 60.7 Å². The van der Waals surface area contributed by atoms with Crippen molar-refractivity contribution in [2.24, 2.45) is 0 Å². The molecule has 2 nitrogen and oxygen atoms in total. The molecule has 0 unspecified atom stereocenters. The van der Waals surface area contributed by atoms with Crippen LogP contribution in [0.25, 0.3) is 0 Å². The van der Waals surface area contributed by atoms with Gasteiger partial charge in [-0.1, -0.05) is 18.2 Å². The van der Waals surface area contributed by atoms with Crippen LogP contribution in [0.1, 0.15) is 28.7 Å². The normalized spacial score (nSPS) is 13.2. The SMILES string of the molecule is CNCc1cc(F)cc(OCc2ccc3c(c2)CCC3)c1. The topological polar surface area (TPSA) is 21.3 Å². The van der Waals surface area contributed by atoms with Crippen molar-refractivity contribution < 1.29 is 9.13 Å². The average molecular weight is 285 g/mol. The zero-order valence-corrected chi connectivity index (χ0v) is 12.3. The van der Waals surface area contributed by atoms with Gasteiger partial charge in [0.05, 0.1) is 0 Å². The van der Waals surface area contributed by atoms with Crippen molar-refractivity contribution in [1.29, 1.82) is 0 Å². The van der Waals surface area contributed by atoms with Gasteiger partial charge in [0.25, 0.3) is 0 Å². The van der Waals surface area contributed by atoms with Gasteiger partial charge in [0.2, 0.25) is 0 Å². The predicted octanol–water partition coefficient (Wildman–Crippen LogP) is 3.61. The van der Waals surface area contributed by atoms with Crippen LogP contribution >= 0.6 is 0 Å². The third-order valence-corrected chi connectivity index (χ3v) is 3.88. The third-order valence-electron chi connectivity index (χ3n) is 3.88. The Kier molecular flexibility index (Phi) is 4.20. The number of rotatable bonds is 5. The highest BCUT2D eigenvalue weighted by Gasteiger charge is 2.11. The second-order valence-electron chi connectivity index (χ2n) is 5.57. The minimum atomic E-state index is -0.258. The quantitative estimate of drug-likeness (QED) is 0.906. The van der Waals surface area contributed by atoms with E-state index in [0.29, 0.717) is 18.9 Å². The number of hydrogen-bond donors (Lipinski definition) is 1. The fourth-order valence-corrected chi connectivity index (χ4v) is 2.89. The summed E-state index contributed by atoms with van der Waals surface area (Å²) in [5.74, 6) is 0.326. The van der Waals surface area contributed by atoms with Gasteiger partial charge < -0.3 is 10.1 Å². The zero-order valence-electron chi connectivity index (χ0n) is 12.3. The fraction of sp³-hybridized carbons (Fsp3) is 0.333. The fourth-order valence-electron chi connectivity index (χ4n) is 2.89. The summed E-state index contributed by atoms with van der Waals surface area (Å²) >= 11 is 0. The largest absolute Gasteiger partial charge is 0.489 e. The minimum Gasteiger partial charge on any atom is -0.489 e. The van der Waals surface area contributed by atoms with Crippen molar-refractivity contribution in [1.82, 2.24) is 5.32 Å².